The largest absolute Gasteiger partial charge is 0.354 e. The summed E-state index contributed by atoms with van der Waals surface area (Å²) in [5.74, 6) is -0.790. The molecule has 4 rings (SSSR count). The Labute approximate surface area is 265 Å². The van der Waals surface area contributed by atoms with Crippen LogP contribution in [-0.2, 0) is 32.6 Å². The SMILES string of the molecule is CCCNC(=O)C(Cc1ccccc1)N(Cc1ccccc1C)C(=O)CN(c1ccccc1C)S(=O)(=O)c1ccc(Cl)cc1. The number of hydrogen-bond acceptors (Lipinski definition) is 4. The van der Waals surface area contributed by atoms with E-state index in [1.54, 1.807) is 25.1 Å². The Morgan fingerprint density at radius 3 is 2.07 bits per heavy atom. The Balaban J connectivity index is 1.81. The Hall–Kier alpha value is -4.14. The molecular formula is C35H38ClN3O4S. The number of rotatable bonds is 13. The van der Waals surface area contributed by atoms with Crippen LogP contribution in [-0.4, -0.2) is 44.3 Å². The summed E-state index contributed by atoms with van der Waals surface area (Å²) in [6.07, 6.45) is 0.998. The Bertz CT molecular complexity index is 1680. The van der Waals surface area contributed by atoms with E-state index in [9.17, 15) is 18.0 Å². The van der Waals surface area contributed by atoms with Crippen LogP contribution in [0, 0.1) is 13.8 Å². The highest BCUT2D eigenvalue weighted by molar-refractivity contribution is 7.92. The van der Waals surface area contributed by atoms with Crippen molar-refractivity contribution < 1.29 is 18.0 Å². The van der Waals surface area contributed by atoms with Gasteiger partial charge in [-0.2, -0.15) is 0 Å². The lowest BCUT2D eigenvalue weighted by atomic mass is 10.0. The smallest absolute Gasteiger partial charge is 0.264 e. The van der Waals surface area contributed by atoms with Crippen LogP contribution < -0.4 is 9.62 Å². The third-order valence-corrected chi connectivity index (χ3v) is 9.51. The predicted molar refractivity (Wildman–Crippen MR) is 176 cm³/mol. The fourth-order valence-corrected chi connectivity index (χ4v) is 6.59. The van der Waals surface area contributed by atoms with Crippen LogP contribution in [0.3, 0.4) is 0 Å². The molecule has 230 valence electrons. The van der Waals surface area contributed by atoms with Crippen molar-refractivity contribution in [3.05, 3.63) is 130 Å². The number of halogens is 1. The first-order valence-electron chi connectivity index (χ1n) is 14.6. The third-order valence-electron chi connectivity index (χ3n) is 7.49. The van der Waals surface area contributed by atoms with Gasteiger partial charge in [0.1, 0.15) is 12.6 Å². The molecule has 7 nitrogen and oxygen atoms in total. The zero-order valence-corrected chi connectivity index (χ0v) is 26.8. The molecule has 0 bridgehead atoms. The number of nitrogens with zero attached hydrogens (tertiary/aromatic N) is 2. The van der Waals surface area contributed by atoms with E-state index in [0.29, 0.717) is 22.8 Å². The molecule has 2 amide bonds. The number of sulfonamides is 1. The molecule has 44 heavy (non-hydrogen) atoms. The van der Waals surface area contributed by atoms with E-state index in [2.05, 4.69) is 5.32 Å². The van der Waals surface area contributed by atoms with E-state index in [0.717, 1.165) is 27.4 Å². The van der Waals surface area contributed by atoms with Crippen LogP contribution in [0.25, 0.3) is 0 Å². The second kappa shape index (κ2) is 15.0. The van der Waals surface area contributed by atoms with Gasteiger partial charge in [0.05, 0.1) is 10.6 Å². The van der Waals surface area contributed by atoms with Gasteiger partial charge in [0.2, 0.25) is 11.8 Å². The lowest BCUT2D eigenvalue weighted by molar-refractivity contribution is -0.140. The first-order valence-corrected chi connectivity index (χ1v) is 16.4. The number of hydrogen-bond donors (Lipinski definition) is 1. The molecule has 0 spiro atoms. The molecule has 0 aliphatic carbocycles. The van der Waals surface area contributed by atoms with Crippen LogP contribution in [0.5, 0.6) is 0 Å². The van der Waals surface area contributed by atoms with Crippen LogP contribution in [0.1, 0.15) is 35.6 Å². The molecule has 4 aromatic carbocycles. The lowest BCUT2D eigenvalue weighted by Crippen LogP contribution is -2.53. The quantitative estimate of drug-likeness (QED) is 0.187. The van der Waals surface area contributed by atoms with Crippen LogP contribution >= 0.6 is 11.6 Å². The van der Waals surface area contributed by atoms with Crippen molar-refractivity contribution in [3.63, 3.8) is 0 Å². The first kappa shape index (κ1) is 32.8. The number of nitrogens with one attached hydrogen (secondary N) is 1. The topological polar surface area (TPSA) is 86.8 Å². The maximum Gasteiger partial charge on any atom is 0.264 e. The summed E-state index contributed by atoms with van der Waals surface area (Å²) in [7, 11) is -4.20. The zero-order valence-electron chi connectivity index (χ0n) is 25.2. The maximum atomic E-state index is 14.5. The zero-order chi connectivity index (χ0) is 31.7. The van der Waals surface area contributed by atoms with Crippen molar-refractivity contribution >= 4 is 39.1 Å². The molecule has 0 saturated carbocycles. The predicted octanol–water partition coefficient (Wildman–Crippen LogP) is 6.32. The van der Waals surface area contributed by atoms with Gasteiger partial charge < -0.3 is 10.2 Å². The van der Waals surface area contributed by atoms with E-state index >= 15 is 0 Å². The Morgan fingerprint density at radius 1 is 0.818 bits per heavy atom. The molecule has 4 aromatic rings. The average Bonchev–Trinajstić information content (AvgIpc) is 3.02. The fraction of sp³-hybridized carbons (Fsp3) is 0.257. The maximum absolute atomic E-state index is 14.5. The van der Waals surface area contributed by atoms with Crippen molar-refractivity contribution in [3.8, 4) is 0 Å². The highest BCUT2D eigenvalue weighted by atomic mass is 35.5. The van der Waals surface area contributed by atoms with E-state index in [-0.39, 0.29) is 23.8 Å². The first-order chi connectivity index (χ1) is 21.1. The summed E-state index contributed by atoms with van der Waals surface area (Å²) in [6.45, 7) is 5.79. The van der Waals surface area contributed by atoms with E-state index < -0.39 is 28.5 Å². The normalized spacial score (nSPS) is 11.9. The molecule has 1 atom stereocenters. The van der Waals surface area contributed by atoms with E-state index in [1.165, 1.54) is 29.2 Å². The Morgan fingerprint density at radius 2 is 1.43 bits per heavy atom. The molecule has 0 aliphatic heterocycles. The van der Waals surface area contributed by atoms with Crippen molar-refractivity contribution in [2.45, 2.75) is 51.1 Å². The molecule has 0 radical (unpaired) electrons. The molecule has 0 heterocycles. The number of para-hydroxylation sites is 1. The number of aryl methyl sites for hydroxylation is 2. The third kappa shape index (κ3) is 8.07. The fourth-order valence-electron chi connectivity index (χ4n) is 4.98. The van der Waals surface area contributed by atoms with Crippen molar-refractivity contribution in [2.24, 2.45) is 0 Å². The van der Waals surface area contributed by atoms with Gasteiger partial charge >= 0.3 is 0 Å². The molecule has 9 heteroatoms. The van der Waals surface area contributed by atoms with E-state index in [4.69, 9.17) is 11.6 Å². The minimum absolute atomic E-state index is 0.00457. The van der Waals surface area contributed by atoms with Crippen LogP contribution in [0.15, 0.2) is 108 Å². The second-order valence-corrected chi connectivity index (χ2v) is 13.0. The number of anilines is 1. The van der Waals surface area contributed by atoms with Gasteiger partial charge in [-0.1, -0.05) is 91.3 Å². The minimum Gasteiger partial charge on any atom is -0.354 e. The molecule has 1 unspecified atom stereocenters. The molecule has 1 N–H and O–H groups in total. The highest BCUT2D eigenvalue weighted by Crippen LogP contribution is 2.28. The summed E-state index contributed by atoms with van der Waals surface area (Å²) in [4.78, 5) is 29.8. The van der Waals surface area contributed by atoms with Gasteiger partial charge in [-0.15, -0.1) is 0 Å². The molecular weight excluding hydrogens is 594 g/mol. The summed E-state index contributed by atoms with van der Waals surface area (Å²) >= 11 is 6.06. The number of benzene rings is 4. The summed E-state index contributed by atoms with van der Waals surface area (Å²) in [5, 5.41) is 3.36. The van der Waals surface area contributed by atoms with E-state index in [1.807, 2.05) is 74.5 Å². The monoisotopic (exact) mass is 631 g/mol. The van der Waals surface area contributed by atoms with Crippen LogP contribution in [0.2, 0.25) is 5.02 Å². The van der Waals surface area contributed by atoms with Gasteiger partial charge in [0.15, 0.2) is 0 Å². The molecule has 0 fully saturated rings. The van der Waals surface area contributed by atoms with Crippen molar-refractivity contribution in [1.29, 1.82) is 0 Å². The van der Waals surface area contributed by atoms with Gasteiger partial charge in [-0.05, 0) is 72.9 Å². The number of carbonyl (C=O) groups excluding carboxylic acids is 2. The van der Waals surface area contributed by atoms with Crippen molar-refractivity contribution in [1.82, 2.24) is 10.2 Å². The summed E-state index contributed by atoms with van der Waals surface area (Å²) in [6, 6.07) is 29.2. The summed E-state index contributed by atoms with van der Waals surface area (Å²) < 4.78 is 29.4. The van der Waals surface area contributed by atoms with Crippen LogP contribution in [0.4, 0.5) is 5.69 Å². The molecule has 0 aromatic heterocycles. The van der Waals surface area contributed by atoms with Gasteiger partial charge in [-0.25, -0.2) is 8.42 Å². The van der Waals surface area contributed by atoms with Gasteiger partial charge in [0, 0.05) is 24.5 Å². The van der Waals surface area contributed by atoms with Gasteiger partial charge in [0.25, 0.3) is 10.0 Å². The van der Waals surface area contributed by atoms with Crippen molar-refractivity contribution in [2.75, 3.05) is 17.4 Å². The van der Waals surface area contributed by atoms with Gasteiger partial charge in [-0.3, -0.25) is 13.9 Å². The Kier molecular flexibility index (Phi) is 11.2. The second-order valence-electron chi connectivity index (χ2n) is 10.7. The average molecular weight is 632 g/mol. The number of carbonyl (C=O) groups is 2. The summed E-state index contributed by atoms with van der Waals surface area (Å²) in [5.41, 5.74) is 3.77. The number of amides is 2. The molecule has 0 saturated heterocycles. The lowest BCUT2D eigenvalue weighted by Gasteiger charge is -2.34. The highest BCUT2D eigenvalue weighted by Gasteiger charge is 2.35. The standard InChI is InChI=1S/C35H38ClN3O4S/c1-4-22-37-35(41)33(23-28-14-6-5-7-15-28)38(24-29-16-10-8-12-26(29)2)34(40)25-39(32-17-11-9-13-27(32)3)44(42,43)31-20-18-30(36)19-21-31/h5-21,33H,4,22-25H2,1-3H3,(H,37,41). The molecule has 0 aliphatic rings. The minimum atomic E-state index is -4.20.